The Morgan fingerprint density at radius 3 is 2.71 bits per heavy atom. The zero-order chi connectivity index (χ0) is 10.2. The lowest BCUT2D eigenvalue weighted by atomic mass is 9.97. The van der Waals surface area contributed by atoms with E-state index in [0.29, 0.717) is 0 Å². The van der Waals surface area contributed by atoms with Crippen LogP contribution in [0.1, 0.15) is 24.0 Å². The molecule has 0 N–H and O–H groups in total. The van der Waals surface area contributed by atoms with E-state index < -0.39 is 0 Å². The molecule has 0 aromatic heterocycles. The van der Waals surface area contributed by atoms with Gasteiger partial charge in [0.25, 0.3) is 0 Å². The fourth-order valence-electron chi connectivity index (χ4n) is 1.81. The summed E-state index contributed by atoms with van der Waals surface area (Å²) >= 11 is 5.58. The normalized spacial score (nSPS) is 17.9. The van der Waals surface area contributed by atoms with E-state index in [1.54, 1.807) is 0 Å². The summed E-state index contributed by atoms with van der Waals surface area (Å²) in [6.45, 7) is 2.06. The molecular formula is C12H13ClO. The third kappa shape index (κ3) is 1.83. The average molecular weight is 209 g/mol. The molecule has 0 radical (unpaired) electrons. The van der Waals surface area contributed by atoms with Gasteiger partial charge in [0.15, 0.2) is 0 Å². The highest BCUT2D eigenvalue weighted by atomic mass is 35.5. The van der Waals surface area contributed by atoms with Gasteiger partial charge in [0.1, 0.15) is 0 Å². The van der Waals surface area contributed by atoms with E-state index in [-0.39, 0.29) is 10.7 Å². The summed E-state index contributed by atoms with van der Waals surface area (Å²) in [5, 5.41) is -0.168. The van der Waals surface area contributed by atoms with Crippen molar-refractivity contribution in [2.45, 2.75) is 26.2 Å². The van der Waals surface area contributed by atoms with Crippen molar-refractivity contribution in [3.05, 3.63) is 35.4 Å². The minimum Gasteiger partial charge on any atom is -0.281 e. The highest BCUT2D eigenvalue weighted by molar-refractivity contribution is 6.65. The third-order valence-corrected chi connectivity index (χ3v) is 3.30. The highest BCUT2D eigenvalue weighted by Crippen LogP contribution is 2.50. The Kier molecular flexibility index (Phi) is 2.36. The van der Waals surface area contributed by atoms with Crippen LogP contribution in [0.5, 0.6) is 0 Å². The van der Waals surface area contributed by atoms with Gasteiger partial charge in [-0.15, -0.1) is 0 Å². The fraction of sp³-hybridized carbons (Fsp3) is 0.417. The van der Waals surface area contributed by atoms with Crippen LogP contribution in [0.25, 0.3) is 0 Å². The monoisotopic (exact) mass is 208 g/mol. The molecule has 1 aliphatic rings. The van der Waals surface area contributed by atoms with Crippen molar-refractivity contribution in [2.75, 3.05) is 0 Å². The Morgan fingerprint density at radius 2 is 2.21 bits per heavy atom. The van der Waals surface area contributed by atoms with Crippen LogP contribution in [0.2, 0.25) is 0 Å². The quantitative estimate of drug-likeness (QED) is 0.698. The highest BCUT2D eigenvalue weighted by Gasteiger charge is 2.48. The van der Waals surface area contributed by atoms with Gasteiger partial charge in [-0.25, -0.2) is 0 Å². The smallest absolute Gasteiger partial charge is 0.228 e. The molecule has 2 rings (SSSR count). The molecule has 74 valence electrons. The Hall–Kier alpha value is -0.820. The molecule has 1 nitrogen and oxygen atoms in total. The van der Waals surface area contributed by atoms with Crippen molar-refractivity contribution in [1.29, 1.82) is 0 Å². The number of hydrogen-bond acceptors (Lipinski definition) is 1. The molecule has 0 amide bonds. The molecule has 2 heteroatoms. The summed E-state index contributed by atoms with van der Waals surface area (Å²) in [6.07, 6.45) is 2.70. The van der Waals surface area contributed by atoms with Crippen molar-refractivity contribution in [2.24, 2.45) is 5.41 Å². The van der Waals surface area contributed by atoms with Gasteiger partial charge in [0.2, 0.25) is 5.24 Å². The first-order valence-electron chi connectivity index (χ1n) is 4.88. The van der Waals surface area contributed by atoms with E-state index in [1.807, 2.05) is 6.07 Å². The maximum Gasteiger partial charge on any atom is 0.228 e. The number of carbonyl (C=O) groups excluding carboxylic acids is 1. The standard InChI is InChI=1S/C12H13ClO/c1-9-3-2-4-10(7-9)8-12(5-6-12)11(13)14/h2-4,7H,5-6,8H2,1H3. The SMILES string of the molecule is Cc1cccc(CC2(C(=O)Cl)CC2)c1. The average Bonchev–Trinajstić information content (AvgIpc) is 2.85. The summed E-state index contributed by atoms with van der Waals surface area (Å²) < 4.78 is 0. The molecule has 1 aromatic carbocycles. The summed E-state index contributed by atoms with van der Waals surface area (Å²) in [7, 11) is 0. The summed E-state index contributed by atoms with van der Waals surface area (Å²) in [4.78, 5) is 11.2. The van der Waals surface area contributed by atoms with E-state index in [2.05, 4.69) is 25.1 Å². The van der Waals surface area contributed by atoms with Crippen LogP contribution in [0.3, 0.4) is 0 Å². The van der Waals surface area contributed by atoms with Gasteiger partial charge >= 0.3 is 0 Å². The topological polar surface area (TPSA) is 17.1 Å². The molecular weight excluding hydrogens is 196 g/mol. The van der Waals surface area contributed by atoms with Gasteiger partial charge in [-0.2, -0.15) is 0 Å². The van der Waals surface area contributed by atoms with E-state index in [1.165, 1.54) is 11.1 Å². The molecule has 1 saturated carbocycles. The Morgan fingerprint density at radius 1 is 1.50 bits per heavy atom. The van der Waals surface area contributed by atoms with E-state index in [9.17, 15) is 4.79 Å². The van der Waals surface area contributed by atoms with Crippen molar-refractivity contribution < 1.29 is 4.79 Å². The van der Waals surface area contributed by atoms with Crippen LogP contribution >= 0.6 is 11.6 Å². The van der Waals surface area contributed by atoms with Gasteiger partial charge in [-0.3, -0.25) is 4.79 Å². The molecule has 0 spiro atoms. The number of halogens is 1. The second-order valence-electron chi connectivity index (χ2n) is 4.22. The molecule has 0 unspecified atom stereocenters. The van der Waals surface area contributed by atoms with Gasteiger partial charge in [0, 0.05) is 5.41 Å². The van der Waals surface area contributed by atoms with Gasteiger partial charge in [0.05, 0.1) is 0 Å². The Bertz CT molecular complexity index is 366. The van der Waals surface area contributed by atoms with Crippen LogP contribution in [0, 0.1) is 12.3 Å². The first-order chi connectivity index (χ1) is 6.62. The molecule has 1 fully saturated rings. The number of benzene rings is 1. The zero-order valence-electron chi connectivity index (χ0n) is 8.22. The van der Waals surface area contributed by atoms with Crippen LogP contribution in [-0.4, -0.2) is 5.24 Å². The van der Waals surface area contributed by atoms with Crippen LogP contribution in [0.15, 0.2) is 24.3 Å². The first-order valence-corrected chi connectivity index (χ1v) is 5.26. The molecule has 0 atom stereocenters. The van der Waals surface area contributed by atoms with Crippen molar-refractivity contribution >= 4 is 16.8 Å². The van der Waals surface area contributed by atoms with Crippen LogP contribution in [-0.2, 0) is 11.2 Å². The molecule has 0 heterocycles. The maximum atomic E-state index is 11.2. The largest absolute Gasteiger partial charge is 0.281 e. The predicted molar refractivity (Wildman–Crippen MR) is 57.4 cm³/mol. The van der Waals surface area contributed by atoms with Crippen molar-refractivity contribution in [3.8, 4) is 0 Å². The Balaban J connectivity index is 2.15. The lowest BCUT2D eigenvalue weighted by Gasteiger charge is -2.09. The lowest BCUT2D eigenvalue weighted by molar-refractivity contribution is -0.116. The second kappa shape index (κ2) is 3.39. The van der Waals surface area contributed by atoms with Crippen LogP contribution < -0.4 is 0 Å². The minimum atomic E-state index is -0.227. The first kappa shape index (κ1) is 9.72. The summed E-state index contributed by atoms with van der Waals surface area (Å²) in [5.41, 5.74) is 2.23. The number of hydrogen-bond donors (Lipinski definition) is 0. The molecule has 14 heavy (non-hydrogen) atoms. The fourth-order valence-corrected chi connectivity index (χ4v) is 2.06. The number of aryl methyl sites for hydroxylation is 1. The molecule has 0 saturated heterocycles. The maximum absolute atomic E-state index is 11.2. The third-order valence-electron chi connectivity index (χ3n) is 2.90. The van der Waals surface area contributed by atoms with Crippen molar-refractivity contribution in [1.82, 2.24) is 0 Å². The van der Waals surface area contributed by atoms with Crippen LogP contribution in [0.4, 0.5) is 0 Å². The minimum absolute atomic E-state index is 0.168. The van der Waals surface area contributed by atoms with E-state index in [4.69, 9.17) is 11.6 Å². The number of rotatable bonds is 3. The van der Waals surface area contributed by atoms with Gasteiger partial charge < -0.3 is 0 Å². The van der Waals surface area contributed by atoms with E-state index in [0.717, 1.165) is 19.3 Å². The Labute approximate surface area is 89.1 Å². The summed E-state index contributed by atoms with van der Waals surface area (Å²) in [6, 6.07) is 8.28. The van der Waals surface area contributed by atoms with Gasteiger partial charge in [-0.05, 0) is 43.4 Å². The summed E-state index contributed by atoms with van der Waals surface area (Å²) in [5.74, 6) is 0. The molecule has 1 aliphatic carbocycles. The number of carbonyl (C=O) groups is 1. The van der Waals surface area contributed by atoms with Gasteiger partial charge in [-0.1, -0.05) is 29.8 Å². The van der Waals surface area contributed by atoms with E-state index >= 15 is 0 Å². The molecule has 0 bridgehead atoms. The second-order valence-corrected chi connectivity index (χ2v) is 4.56. The zero-order valence-corrected chi connectivity index (χ0v) is 8.97. The molecule has 0 aliphatic heterocycles. The predicted octanol–water partition coefficient (Wildman–Crippen LogP) is 3.08. The molecule has 1 aromatic rings. The van der Waals surface area contributed by atoms with Crippen molar-refractivity contribution in [3.63, 3.8) is 0 Å². The lowest BCUT2D eigenvalue weighted by Crippen LogP contribution is -2.12.